The standard InChI is InChI=1S/C23H19N3OS/c1-15-7-10-17(11-8-15)22-19(26-13-16(2)9-12-21(26)25-22)14-28-23-24-18-5-3-4-6-20(18)27-23/h3-13H,14H2,1-2H3. The fourth-order valence-corrected chi connectivity index (χ4v) is 4.17. The summed E-state index contributed by atoms with van der Waals surface area (Å²) in [7, 11) is 0. The van der Waals surface area contributed by atoms with E-state index in [9.17, 15) is 0 Å². The number of imidazole rings is 1. The molecule has 5 rings (SSSR count). The summed E-state index contributed by atoms with van der Waals surface area (Å²) < 4.78 is 8.07. The molecule has 0 aliphatic carbocycles. The van der Waals surface area contributed by atoms with E-state index in [2.05, 4.69) is 65.8 Å². The minimum Gasteiger partial charge on any atom is -0.431 e. The third kappa shape index (κ3) is 3.08. The van der Waals surface area contributed by atoms with Crippen molar-refractivity contribution >= 4 is 28.5 Å². The maximum absolute atomic E-state index is 5.89. The minimum atomic E-state index is 0.679. The summed E-state index contributed by atoms with van der Waals surface area (Å²) in [6.45, 7) is 4.20. The van der Waals surface area contributed by atoms with Gasteiger partial charge in [0.1, 0.15) is 11.2 Å². The summed E-state index contributed by atoms with van der Waals surface area (Å²) in [6, 6.07) is 20.5. The molecule has 0 fully saturated rings. The van der Waals surface area contributed by atoms with E-state index in [1.54, 1.807) is 11.8 Å². The molecule has 0 saturated heterocycles. The van der Waals surface area contributed by atoms with Gasteiger partial charge in [-0.3, -0.25) is 0 Å². The van der Waals surface area contributed by atoms with Gasteiger partial charge in [0, 0.05) is 17.5 Å². The van der Waals surface area contributed by atoms with Crippen LogP contribution in [-0.4, -0.2) is 14.4 Å². The minimum absolute atomic E-state index is 0.679. The van der Waals surface area contributed by atoms with Crippen molar-refractivity contribution in [2.24, 2.45) is 0 Å². The first-order valence-electron chi connectivity index (χ1n) is 9.20. The molecule has 4 nitrogen and oxygen atoms in total. The van der Waals surface area contributed by atoms with Crippen molar-refractivity contribution in [3.8, 4) is 11.3 Å². The summed E-state index contributed by atoms with van der Waals surface area (Å²) in [6.07, 6.45) is 2.14. The maximum atomic E-state index is 5.89. The molecule has 28 heavy (non-hydrogen) atoms. The first-order chi connectivity index (χ1) is 13.7. The van der Waals surface area contributed by atoms with E-state index in [0.717, 1.165) is 39.5 Å². The van der Waals surface area contributed by atoms with Crippen molar-refractivity contribution < 1.29 is 4.42 Å². The largest absolute Gasteiger partial charge is 0.431 e. The van der Waals surface area contributed by atoms with Crippen LogP contribution in [0.5, 0.6) is 0 Å². The van der Waals surface area contributed by atoms with Crippen LogP contribution in [0.3, 0.4) is 0 Å². The highest BCUT2D eigenvalue weighted by Crippen LogP contribution is 2.32. The number of para-hydroxylation sites is 2. The number of pyridine rings is 1. The molecule has 3 heterocycles. The van der Waals surface area contributed by atoms with Crippen LogP contribution in [-0.2, 0) is 5.75 Å². The van der Waals surface area contributed by atoms with Gasteiger partial charge in [0.25, 0.3) is 5.22 Å². The van der Waals surface area contributed by atoms with Crippen LogP contribution >= 0.6 is 11.8 Å². The zero-order valence-corrected chi connectivity index (χ0v) is 16.5. The van der Waals surface area contributed by atoms with Gasteiger partial charge in [-0.1, -0.05) is 59.8 Å². The smallest absolute Gasteiger partial charge is 0.257 e. The van der Waals surface area contributed by atoms with Gasteiger partial charge in [-0.25, -0.2) is 9.97 Å². The molecule has 3 aromatic heterocycles. The summed E-state index contributed by atoms with van der Waals surface area (Å²) >= 11 is 1.60. The van der Waals surface area contributed by atoms with Crippen LogP contribution in [0.25, 0.3) is 28.0 Å². The third-order valence-corrected chi connectivity index (χ3v) is 5.64. The van der Waals surface area contributed by atoms with E-state index in [-0.39, 0.29) is 0 Å². The van der Waals surface area contributed by atoms with Gasteiger partial charge in [-0.2, -0.15) is 0 Å². The van der Waals surface area contributed by atoms with Gasteiger partial charge in [0.05, 0.1) is 11.4 Å². The van der Waals surface area contributed by atoms with Crippen LogP contribution in [0.1, 0.15) is 16.8 Å². The highest BCUT2D eigenvalue weighted by molar-refractivity contribution is 7.98. The Bertz CT molecular complexity index is 1250. The van der Waals surface area contributed by atoms with Crippen molar-refractivity contribution in [2.45, 2.75) is 24.8 Å². The van der Waals surface area contributed by atoms with E-state index in [0.29, 0.717) is 5.22 Å². The van der Waals surface area contributed by atoms with E-state index in [4.69, 9.17) is 9.40 Å². The summed E-state index contributed by atoms with van der Waals surface area (Å²) in [5.41, 5.74) is 8.38. The molecule has 0 bridgehead atoms. The van der Waals surface area contributed by atoms with Crippen molar-refractivity contribution in [1.82, 2.24) is 14.4 Å². The average molecular weight is 385 g/mol. The lowest BCUT2D eigenvalue weighted by Crippen LogP contribution is -1.94. The number of thioether (sulfide) groups is 1. The molecule has 0 amide bonds. The SMILES string of the molecule is Cc1ccc(-c2nc3ccc(C)cn3c2CSc2nc3ccccc3o2)cc1. The molecule has 0 spiro atoms. The number of hydrogen-bond donors (Lipinski definition) is 0. The number of aromatic nitrogens is 3. The average Bonchev–Trinajstić information content (AvgIpc) is 3.27. The molecular formula is C23H19N3OS. The first-order valence-corrected chi connectivity index (χ1v) is 10.2. The lowest BCUT2D eigenvalue weighted by molar-refractivity contribution is 0.489. The molecule has 5 heteroatoms. The van der Waals surface area contributed by atoms with Gasteiger partial charge in [-0.05, 0) is 37.6 Å². The summed E-state index contributed by atoms with van der Waals surface area (Å²) in [4.78, 5) is 9.50. The van der Waals surface area contributed by atoms with Gasteiger partial charge < -0.3 is 8.82 Å². The van der Waals surface area contributed by atoms with Gasteiger partial charge >= 0.3 is 0 Å². The summed E-state index contributed by atoms with van der Waals surface area (Å²) in [5.74, 6) is 0.723. The molecule has 2 aromatic carbocycles. The highest BCUT2D eigenvalue weighted by Gasteiger charge is 2.16. The zero-order chi connectivity index (χ0) is 19.1. The Hall–Kier alpha value is -3.05. The Morgan fingerprint density at radius 2 is 1.68 bits per heavy atom. The lowest BCUT2D eigenvalue weighted by Gasteiger charge is -2.05. The Kier molecular flexibility index (Phi) is 4.17. The van der Waals surface area contributed by atoms with Gasteiger partial charge in [-0.15, -0.1) is 0 Å². The fourth-order valence-electron chi connectivity index (χ4n) is 3.32. The second kappa shape index (κ2) is 6.84. The van der Waals surface area contributed by atoms with Crippen LogP contribution in [0.4, 0.5) is 0 Å². The second-order valence-electron chi connectivity index (χ2n) is 6.94. The molecule has 138 valence electrons. The van der Waals surface area contributed by atoms with Crippen molar-refractivity contribution in [2.75, 3.05) is 0 Å². The van der Waals surface area contributed by atoms with Gasteiger partial charge in [0.2, 0.25) is 0 Å². The number of nitrogens with zero attached hydrogens (tertiary/aromatic N) is 3. The predicted octanol–water partition coefficient (Wildman–Crippen LogP) is 6.05. The predicted molar refractivity (Wildman–Crippen MR) is 114 cm³/mol. The molecule has 0 aliphatic heterocycles. The Labute approximate surface area is 167 Å². The molecule has 0 N–H and O–H groups in total. The number of fused-ring (bicyclic) bond motifs is 2. The van der Waals surface area contributed by atoms with Crippen LogP contribution in [0.2, 0.25) is 0 Å². The molecule has 0 radical (unpaired) electrons. The van der Waals surface area contributed by atoms with Gasteiger partial charge in [0.15, 0.2) is 5.58 Å². The van der Waals surface area contributed by atoms with Crippen LogP contribution < -0.4 is 0 Å². The molecule has 0 saturated carbocycles. The third-order valence-electron chi connectivity index (χ3n) is 4.80. The van der Waals surface area contributed by atoms with Crippen molar-refractivity contribution in [3.05, 3.63) is 83.7 Å². The Balaban J connectivity index is 1.56. The number of benzene rings is 2. The van der Waals surface area contributed by atoms with Crippen molar-refractivity contribution in [1.29, 1.82) is 0 Å². The number of rotatable bonds is 4. The highest BCUT2D eigenvalue weighted by atomic mass is 32.2. The van der Waals surface area contributed by atoms with Crippen molar-refractivity contribution in [3.63, 3.8) is 0 Å². The monoisotopic (exact) mass is 385 g/mol. The Morgan fingerprint density at radius 1 is 0.893 bits per heavy atom. The fraction of sp³-hybridized carbons (Fsp3) is 0.130. The zero-order valence-electron chi connectivity index (χ0n) is 15.7. The number of hydrogen-bond acceptors (Lipinski definition) is 4. The molecular weight excluding hydrogens is 366 g/mol. The number of aryl methyl sites for hydroxylation is 2. The molecule has 0 atom stereocenters. The number of oxazole rings is 1. The van der Waals surface area contributed by atoms with E-state index in [1.165, 1.54) is 11.1 Å². The Morgan fingerprint density at radius 3 is 2.50 bits per heavy atom. The van der Waals surface area contributed by atoms with E-state index < -0.39 is 0 Å². The topological polar surface area (TPSA) is 43.3 Å². The second-order valence-corrected chi connectivity index (χ2v) is 7.87. The first kappa shape index (κ1) is 17.1. The summed E-state index contributed by atoms with van der Waals surface area (Å²) in [5, 5.41) is 0.679. The molecule has 0 aliphatic rings. The van der Waals surface area contributed by atoms with Crippen LogP contribution in [0, 0.1) is 13.8 Å². The van der Waals surface area contributed by atoms with E-state index >= 15 is 0 Å². The normalized spacial score (nSPS) is 11.5. The molecule has 0 unspecified atom stereocenters. The lowest BCUT2D eigenvalue weighted by atomic mass is 10.1. The molecule has 5 aromatic rings. The maximum Gasteiger partial charge on any atom is 0.257 e. The van der Waals surface area contributed by atoms with E-state index in [1.807, 2.05) is 24.3 Å². The van der Waals surface area contributed by atoms with Crippen LogP contribution in [0.15, 0.2) is 76.5 Å². The quantitative estimate of drug-likeness (QED) is 0.353.